The number of fused-ring (bicyclic) bond motifs is 2. The lowest BCUT2D eigenvalue weighted by Gasteiger charge is -2.10. The Balaban J connectivity index is 0.000000994. The number of anilines is 2. The maximum Gasteiger partial charge on any atom is 0.236 e. The minimum absolute atomic E-state index is 0.0537. The van der Waals surface area contributed by atoms with Crippen molar-refractivity contribution < 1.29 is 0 Å². The number of nitrogens with one attached hydrogen (secondary N) is 1. The van der Waals surface area contributed by atoms with Crippen LogP contribution < -0.4 is 5.32 Å². The van der Waals surface area contributed by atoms with Gasteiger partial charge in [-0.15, -0.1) is 15.3 Å². The summed E-state index contributed by atoms with van der Waals surface area (Å²) in [7, 11) is 1.88. The molecular formula is C20H22N8S. The number of aryl methyl sites for hydroxylation is 1. The zero-order chi connectivity index (χ0) is 20.4. The van der Waals surface area contributed by atoms with Crippen molar-refractivity contribution in [3.05, 3.63) is 60.3 Å². The fourth-order valence-electron chi connectivity index (χ4n) is 3.07. The van der Waals surface area contributed by atoms with Crippen molar-refractivity contribution in [2.75, 3.05) is 5.32 Å². The molecule has 0 amide bonds. The van der Waals surface area contributed by atoms with Crippen LogP contribution in [-0.4, -0.2) is 34.6 Å². The number of hydrogen-bond donors (Lipinski definition) is 1. The summed E-state index contributed by atoms with van der Waals surface area (Å²) >= 11 is 1.46. The molecule has 0 fully saturated rings. The summed E-state index contributed by atoms with van der Waals surface area (Å²) in [5.74, 6) is 0.863. The van der Waals surface area contributed by atoms with Crippen LogP contribution in [0.5, 0.6) is 0 Å². The zero-order valence-electron chi connectivity index (χ0n) is 16.7. The highest BCUT2D eigenvalue weighted by molar-refractivity contribution is 7.20. The molecule has 5 rings (SSSR count). The van der Waals surface area contributed by atoms with Gasteiger partial charge in [0.25, 0.3) is 0 Å². The fourth-order valence-corrected chi connectivity index (χ4v) is 3.84. The van der Waals surface area contributed by atoms with E-state index in [1.54, 1.807) is 17.1 Å². The molecule has 0 saturated heterocycles. The van der Waals surface area contributed by atoms with Crippen molar-refractivity contribution in [3.63, 3.8) is 0 Å². The predicted octanol–water partition coefficient (Wildman–Crippen LogP) is 4.39. The molecule has 29 heavy (non-hydrogen) atoms. The van der Waals surface area contributed by atoms with Gasteiger partial charge in [0.2, 0.25) is 10.1 Å². The first kappa shape index (κ1) is 19.0. The lowest BCUT2D eigenvalue weighted by Crippen LogP contribution is -2.04. The number of rotatable bonds is 4. The Morgan fingerprint density at radius 1 is 1.14 bits per heavy atom. The third-order valence-corrected chi connectivity index (χ3v) is 5.30. The van der Waals surface area contributed by atoms with Crippen molar-refractivity contribution in [2.24, 2.45) is 7.05 Å². The van der Waals surface area contributed by atoms with Crippen LogP contribution in [0.1, 0.15) is 38.1 Å². The van der Waals surface area contributed by atoms with Crippen molar-refractivity contribution in [1.29, 1.82) is 0 Å². The van der Waals surface area contributed by atoms with Gasteiger partial charge in [0.1, 0.15) is 0 Å². The highest BCUT2D eigenvalue weighted by Crippen LogP contribution is 2.29. The number of nitrogens with zero attached hydrogens (tertiary/aromatic N) is 7. The summed E-state index contributed by atoms with van der Waals surface area (Å²) in [4.78, 5) is 5.14. The summed E-state index contributed by atoms with van der Waals surface area (Å²) in [6.07, 6.45) is 5.46. The number of pyridine rings is 1. The molecule has 1 N–H and O–H groups in total. The Morgan fingerprint density at radius 2 is 2.00 bits per heavy atom. The molecule has 1 atom stereocenters. The first-order valence-electron chi connectivity index (χ1n) is 9.50. The molecule has 0 aliphatic rings. The topological polar surface area (TPSA) is 85.8 Å². The molecule has 8 nitrogen and oxygen atoms in total. The predicted molar refractivity (Wildman–Crippen MR) is 116 cm³/mol. The summed E-state index contributed by atoms with van der Waals surface area (Å²) in [6, 6.07) is 10.3. The molecule has 9 heteroatoms. The number of hydrogen-bond acceptors (Lipinski definition) is 7. The molecule has 4 heterocycles. The van der Waals surface area contributed by atoms with Crippen LogP contribution >= 0.6 is 11.3 Å². The van der Waals surface area contributed by atoms with Crippen molar-refractivity contribution in [3.8, 4) is 0 Å². The van der Waals surface area contributed by atoms with Gasteiger partial charge >= 0.3 is 0 Å². The molecule has 0 aliphatic carbocycles. The lowest BCUT2D eigenvalue weighted by atomic mass is 9.99. The van der Waals surface area contributed by atoms with E-state index in [2.05, 4.69) is 55.8 Å². The van der Waals surface area contributed by atoms with Gasteiger partial charge in [0, 0.05) is 30.7 Å². The number of aromatic nitrogens is 7. The van der Waals surface area contributed by atoms with E-state index in [0.29, 0.717) is 0 Å². The van der Waals surface area contributed by atoms with E-state index in [9.17, 15) is 0 Å². The first-order chi connectivity index (χ1) is 14.2. The van der Waals surface area contributed by atoms with E-state index in [1.807, 2.05) is 43.7 Å². The second-order valence-electron chi connectivity index (χ2n) is 6.36. The van der Waals surface area contributed by atoms with E-state index < -0.39 is 0 Å². The van der Waals surface area contributed by atoms with Gasteiger partial charge in [-0.1, -0.05) is 44.2 Å². The highest BCUT2D eigenvalue weighted by atomic mass is 32.1. The van der Waals surface area contributed by atoms with Crippen molar-refractivity contribution in [1.82, 2.24) is 34.6 Å². The van der Waals surface area contributed by atoms with E-state index in [1.165, 1.54) is 11.3 Å². The normalized spacial score (nSPS) is 12.0. The number of benzene rings is 1. The second-order valence-corrected chi connectivity index (χ2v) is 7.32. The first-order valence-corrected chi connectivity index (χ1v) is 10.3. The van der Waals surface area contributed by atoms with E-state index >= 15 is 0 Å². The minimum Gasteiger partial charge on any atom is -0.327 e. The molecule has 1 unspecified atom stereocenters. The van der Waals surface area contributed by atoms with Crippen LogP contribution in [0.3, 0.4) is 0 Å². The molecule has 5 aromatic rings. The van der Waals surface area contributed by atoms with Gasteiger partial charge < -0.3 is 5.32 Å². The summed E-state index contributed by atoms with van der Waals surface area (Å²) < 4.78 is 3.55. The van der Waals surface area contributed by atoms with Gasteiger partial charge in [0.05, 0.1) is 17.4 Å². The van der Waals surface area contributed by atoms with Crippen LogP contribution in [-0.2, 0) is 7.05 Å². The largest absolute Gasteiger partial charge is 0.327 e. The van der Waals surface area contributed by atoms with Crippen LogP contribution in [0.4, 0.5) is 10.8 Å². The standard InChI is InChI=1S/C18H16N8S.C2H6/c1-11(12-5-6-15-13(8-12)4-3-7-19-15)16-22-23-18-26(16)24-17(27-18)21-14-9-20-25(2)10-14;1-2/h3-11H,1-2H3,(H,21,24);1-2H3. The van der Waals surface area contributed by atoms with Crippen LogP contribution in [0.25, 0.3) is 15.9 Å². The average Bonchev–Trinajstić information content (AvgIpc) is 3.45. The molecule has 0 spiro atoms. The van der Waals surface area contributed by atoms with E-state index in [-0.39, 0.29) is 5.92 Å². The Kier molecular flexibility index (Phi) is 5.22. The molecule has 4 aromatic heterocycles. The average molecular weight is 407 g/mol. The zero-order valence-corrected chi connectivity index (χ0v) is 17.6. The van der Waals surface area contributed by atoms with Gasteiger partial charge in [0.15, 0.2) is 5.82 Å². The molecule has 1 aromatic carbocycles. The van der Waals surface area contributed by atoms with Gasteiger partial charge in [-0.05, 0) is 23.8 Å². The molecule has 0 saturated carbocycles. The molecular weight excluding hydrogens is 384 g/mol. The third kappa shape index (κ3) is 3.68. The van der Waals surface area contributed by atoms with Crippen LogP contribution in [0.15, 0.2) is 48.9 Å². The SMILES string of the molecule is CC.CC(c1ccc2ncccc2c1)c1nnc2sc(Nc3cnn(C)c3)nn12. The van der Waals surface area contributed by atoms with Crippen molar-refractivity contribution >= 4 is 38.0 Å². The maximum absolute atomic E-state index is 4.64. The minimum atomic E-state index is 0.0537. The third-order valence-electron chi connectivity index (χ3n) is 4.49. The van der Waals surface area contributed by atoms with Crippen LogP contribution in [0.2, 0.25) is 0 Å². The Labute approximate surface area is 172 Å². The maximum atomic E-state index is 4.64. The summed E-state index contributed by atoms with van der Waals surface area (Å²) in [6.45, 7) is 6.11. The summed E-state index contributed by atoms with van der Waals surface area (Å²) in [5.41, 5.74) is 3.02. The van der Waals surface area contributed by atoms with E-state index in [4.69, 9.17) is 0 Å². The molecule has 148 valence electrons. The second kappa shape index (κ2) is 7.96. The molecule has 0 radical (unpaired) electrons. The quantitative estimate of drug-likeness (QED) is 0.476. The smallest absolute Gasteiger partial charge is 0.236 e. The summed E-state index contributed by atoms with van der Waals surface area (Å²) in [5, 5.41) is 22.6. The monoisotopic (exact) mass is 406 g/mol. The van der Waals surface area contributed by atoms with Gasteiger partial charge in [-0.2, -0.15) is 9.61 Å². The van der Waals surface area contributed by atoms with Crippen molar-refractivity contribution in [2.45, 2.75) is 26.7 Å². The Hall–Kier alpha value is -3.33. The lowest BCUT2D eigenvalue weighted by molar-refractivity contribution is 0.759. The van der Waals surface area contributed by atoms with E-state index in [0.717, 1.165) is 38.1 Å². The fraction of sp³-hybridized carbons (Fsp3) is 0.250. The highest BCUT2D eigenvalue weighted by Gasteiger charge is 2.19. The Bertz CT molecular complexity index is 1250. The van der Waals surface area contributed by atoms with Gasteiger partial charge in [-0.3, -0.25) is 9.67 Å². The Morgan fingerprint density at radius 3 is 2.79 bits per heavy atom. The van der Waals surface area contributed by atoms with Gasteiger partial charge in [-0.25, -0.2) is 0 Å². The molecule has 0 aliphatic heterocycles. The molecule has 0 bridgehead atoms. The van der Waals surface area contributed by atoms with Crippen LogP contribution in [0, 0.1) is 0 Å².